The smallest absolute Gasteiger partial charge is 0.408 e. The van der Waals surface area contributed by atoms with E-state index < -0.39 is 29.3 Å². The summed E-state index contributed by atoms with van der Waals surface area (Å²) in [6, 6.07) is 3.40. The number of amides is 1. The lowest BCUT2D eigenvalue weighted by molar-refractivity contribution is -0.137. The number of carbonyl (C=O) groups excluding carboxylic acids is 2. The first kappa shape index (κ1) is 21.8. The molecule has 2 aromatic rings. The van der Waals surface area contributed by atoms with Gasteiger partial charge in [0.05, 0.1) is 5.02 Å². The SMILES string of the molecule is CCCC(NC(=O)OC(C)(C)C)C(=O)Oc1cc2oc(=O)cc(C)c2cc1Cl. The van der Waals surface area contributed by atoms with Crippen LogP contribution < -0.4 is 15.7 Å². The van der Waals surface area contributed by atoms with Gasteiger partial charge in [-0.05, 0) is 45.7 Å². The molecule has 152 valence electrons. The van der Waals surface area contributed by atoms with Gasteiger partial charge in [0.1, 0.15) is 17.2 Å². The molecule has 1 aromatic heterocycles. The van der Waals surface area contributed by atoms with Gasteiger partial charge in [-0.15, -0.1) is 0 Å². The van der Waals surface area contributed by atoms with E-state index in [9.17, 15) is 14.4 Å². The molecule has 1 atom stereocenters. The summed E-state index contributed by atoms with van der Waals surface area (Å²) < 4.78 is 15.7. The zero-order chi connectivity index (χ0) is 21.1. The number of hydrogen-bond acceptors (Lipinski definition) is 6. The maximum absolute atomic E-state index is 12.6. The van der Waals surface area contributed by atoms with Gasteiger partial charge in [0, 0.05) is 17.5 Å². The second kappa shape index (κ2) is 8.65. The molecule has 0 aliphatic heterocycles. The Kier molecular flexibility index (Phi) is 6.72. The van der Waals surface area contributed by atoms with E-state index in [0.29, 0.717) is 23.8 Å². The highest BCUT2D eigenvalue weighted by Crippen LogP contribution is 2.31. The minimum atomic E-state index is -0.906. The summed E-state index contributed by atoms with van der Waals surface area (Å²) in [6.45, 7) is 8.81. The van der Waals surface area contributed by atoms with E-state index in [-0.39, 0.29) is 16.4 Å². The van der Waals surface area contributed by atoms with Gasteiger partial charge in [-0.3, -0.25) is 0 Å². The van der Waals surface area contributed by atoms with Crippen LogP contribution in [0.1, 0.15) is 46.1 Å². The monoisotopic (exact) mass is 409 g/mol. The number of rotatable bonds is 5. The van der Waals surface area contributed by atoms with Crippen molar-refractivity contribution in [1.29, 1.82) is 0 Å². The molecule has 1 N–H and O–H groups in total. The molecule has 0 aliphatic rings. The molecule has 1 amide bonds. The molecule has 0 fully saturated rings. The van der Waals surface area contributed by atoms with Crippen molar-refractivity contribution < 1.29 is 23.5 Å². The number of nitrogens with one attached hydrogen (secondary N) is 1. The van der Waals surface area contributed by atoms with Crippen LogP contribution in [0.4, 0.5) is 4.79 Å². The first-order valence-corrected chi connectivity index (χ1v) is 9.33. The van der Waals surface area contributed by atoms with Crippen LogP contribution in [0.3, 0.4) is 0 Å². The largest absolute Gasteiger partial charge is 0.444 e. The summed E-state index contributed by atoms with van der Waals surface area (Å²) in [5.74, 6) is -0.649. The van der Waals surface area contributed by atoms with Crippen LogP contribution in [0.5, 0.6) is 5.75 Å². The van der Waals surface area contributed by atoms with Crippen molar-refractivity contribution >= 4 is 34.6 Å². The standard InChI is InChI=1S/C20H24ClNO6/c1-6-7-14(22-19(25)28-20(3,4)5)18(24)27-16-10-15-12(9-13(16)21)11(2)8-17(23)26-15/h8-10,14H,6-7H2,1-5H3,(H,22,25). The first-order chi connectivity index (χ1) is 13.0. The van der Waals surface area contributed by atoms with E-state index in [4.69, 9.17) is 25.5 Å². The van der Waals surface area contributed by atoms with E-state index in [1.54, 1.807) is 33.8 Å². The van der Waals surface area contributed by atoms with E-state index in [0.717, 1.165) is 0 Å². The second-order valence-corrected chi connectivity index (χ2v) is 7.84. The fraction of sp³-hybridized carbons (Fsp3) is 0.450. The number of aryl methyl sites for hydroxylation is 1. The van der Waals surface area contributed by atoms with E-state index in [2.05, 4.69) is 5.32 Å². The van der Waals surface area contributed by atoms with Crippen LogP contribution in [0, 0.1) is 6.92 Å². The van der Waals surface area contributed by atoms with E-state index in [1.807, 2.05) is 6.92 Å². The van der Waals surface area contributed by atoms with Gasteiger partial charge in [0.2, 0.25) is 0 Å². The van der Waals surface area contributed by atoms with Crippen molar-refractivity contribution in [1.82, 2.24) is 5.32 Å². The molecule has 1 aromatic carbocycles. The zero-order valence-corrected chi connectivity index (χ0v) is 17.3. The lowest BCUT2D eigenvalue weighted by atomic mass is 10.1. The molecule has 1 heterocycles. The molecule has 0 radical (unpaired) electrons. The van der Waals surface area contributed by atoms with Gasteiger partial charge in [0.15, 0.2) is 5.75 Å². The fourth-order valence-corrected chi connectivity index (χ4v) is 2.77. The summed E-state index contributed by atoms with van der Waals surface area (Å²) in [4.78, 5) is 36.2. The minimum absolute atomic E-state index is 0.0417. The number of alkyl carbamates (subject to hydrolysis) is 1. The third-order valence-corrected chi connectivity index (χ3v) is 4.06. The van der Waals surface area contributed by atoms with Crippen molar-refractivity contribution in [3.05, 3.63) is 39.2 Å². The summed E-state index contributed by atoms with van der Waals surface area (Å²) in [5.41, 5.74) is -0.257. The molecule has 0 saturated carbocycles. The van der Waals surface area contributed by atoms with Crippen molar-refractivity contribution in [2.45, 2.75) is 59.1 Å². The Morgan fingerprint density at radius 2 is 1.93 bits per heavy atom. The van der Waals surface area contributed by atoms with Crippen LogP contribution in [-0.2, 0) is 9.53 Å². The number of esters is 1. The number of halogens is 1. The van der Waals surface area contributed by atoms with E-state index in [1.165, 1.54) is 12.1 Å². The topological polar surface area (TPSA) is 94.8 Å². The average molecular weight is 410 g/mol. The highest BCUT2D eigenvalue weighted by molar-refractivity contribution is 6.33. The van der Waals surface area contributed by atoms with E-state index >= 15 is 0 Å². The first-order valence-electron chi connectivity index (χ1n) is 8.95. The quantitative estimate of drug-likeness (QED) is 0.448. The third-order valence-electron chi connectivity index (χ3n) is 3.77. The summed E-state index contributed by atoms with van der Waals surface area (Å²) in [5, 5.41) is 3.34. The van der Waals surface area contributed by atoms with Gasteiger partial charge in [-0.1, -0.05) is 24.9 Å². The molecule has 0 bridgehead atoms. The Balaban J connectivity index is 2.24. The van der Waals surface area contributed by atoms with Crippen LogP contribution in [-0.4, -0.2) is 23.7 Å². The minimum Gasteiger partial charge on any atom is -0.444 e. The molecule has 28 heavy (non-hydrogen) atoms. The molecule has 2 rings (SSSR count). The Bertz CT molecular complexity index is 944. The van der Waals surface area contributed by atoms with Crippen LogP contribution >= 0.6 is 11.6 Å². The molecular weight excluding hydrogens is 386 g/mol. The maximum atomic E-state index is 12.6. The normalized spacial score (nSPS) is 12.5. The highest BCUT2D eigenvalue weighted by Gasteiger charge is 2.26. The summed E-state index contributed by atoms with van der Waals surface area (Å²) in [7, 11) is 0. The molecule has 1 unspecified atom stereocenters. The molecule has 0 saturated heterocycles. The predicted molar refractivity (Wildman–Crippen MR) is 106 cm³/mol. The van der Waals surface area contributed by atoms with Crippen molar-refractivity contribution in [3.8, 4) is 5.75 Å². The zero-order valence-electron chi connectivity index (χ0n) is 16.6. The summed E-state index contributed by atoms with van der Waals surface area (Å²) in [6.07, 6.45) is 0.279. The molecular formula is C20H24ClNO6. The lowest BCUT2D eigenvalue weighted by Gasteiger charge is -2.22. The van der Waals surface area contributed by atoms with Crippen LogP contribution in [0.2, 0.25) is 5.02 Å². The fourth-order valence-electron chi connectivity index (χ4n) is 2.56. The third kappa shape index (κ3) is 5.73. The Morgan fingerprint density at radius 1 is 1.25 bits per heavy atom. The summed E-state index contributed by atoms with van der Waals surface area (Å²) >= 11 is 6.22. The van der Waals surface area contributed by atoms with Gasteiger partial charge < -0.3 is 19.2 Å². The molecule has 0 aliphatic carbocycles. The Hall–Kier alpha value is -2.54. The van der Waals surface area contributed by atoms with Crippen LogP contribution in [0.25, 0.3) is 11.0 Å². The van der Waals surface area contributed by atoms with Crippen LogP contribution in [0.15, 0.2) is 27.4 Å². The lowest BCUT2D eigenvalue weighted by Crippen LogP contribution is -2.45. The predicted octanol–water partition coefficient (Wildman–Crippen LogP) is 4.35. The number of carbonyl (C=O) groups is 2. The number of hydrogen-bond donors (Lipinski definition) is 1. The van der Waals surface area contributed by atoms with Gasteiger partial charge in [0.25, 0.3) is 0 Å². The maximum Gasteiger partial charge on any atom is 0.408 e. The average Bonchev–Trinajstić information content (AvgIpc) is 2.54. The molecule has 8 heteroatoms. The second-order valence-electron chi connectivity index (χ2n) is 7.44. The number of ether oxygens (including phenoxy) is 2. The number of fused-ring (bicyclic) bond motifs is 1. The van der Waals surface area contributed by atoms with Crippen molar-refractivity contribution in [3.63, 3.8) is 0 Å². The van der Waals surface area contributed by atoms with Gasteiger partial charge in [-0.2, -0.15) is 0 Å². The Labute approximate surface area is 167 Å². The van der Waals surface area contributed by atoms with Gasteiger partial charge >= 0.3 is 17.7 Å². The van der Waals surface area contributed by atoms with Crippen molar-refractivity contribution in [2.75, 3.05) is 0 Å². The number of benzene rings is 1. The highest BCUT2D eigenvalue weighted by atomic mass is 35.5. The molecule has 7 nitrogen and oxygen atoms in total. The van der Waals surface area contributed by atoms with Crippen molar-refractivity contribution in [2.24, 2.45) is 0 Å². The van der Waals surface area contributed by atoms with Gasteiger partial charge in [-0.25, -0.2) is 14.4 Å². The molecule has 0 spiro atoms. The Morgan fingerprint density at radius 3 is 2.54 bits per heavy atom.